The molecule has 16 heavy (non-hydrogen) atoms. The van der Waals surface area contributed by atoms with E-state index in [-0.39, 0.29) is 6.10 Å². The van der Waals surface area contributed by atoms with Crippen molar-refractivity contribution in [3.05, 3.63) is 19.8 Å². The maximum absolute atomic E-state index is 11.1. The molecule has 1 saturated heterocycles. The Hall–Kier alpha value is -0.100. The number of rotatable bonds is 2. The van der Waals surface area contributed by atoms with Crippen LogP contribution in [0.1, 0.15) is 23.8 Å². The maximum Gasteiger partial charge on any atom is 0.309 e. The van der Waals surface area contributed by atoms with Crippen LogP contribution in [0.15, 0.2) is 10.5 Å². The molecule has 2 atom stereocenters. The van der Waals surface area contributed by atoms with Gasteiger partial charge in [0.15, 0.2) is 0 Å². The highest BCUT2D eigenvalue weighted by molar-refractivity contribution is 9.10. The lowest BCUT2D eigenvalue weighted by atomic mass is 9.93. The van der Waals surface area contributed by atoms with Crippen molar-refractivity contribution in [3.63, 3.8) is 0 Å². The number of thiophene rings is 1. The highest BCUT2D eigenvalue weighted by Gasteiger charge is 2.34. The Labute approximate surface area is 110 Å². The highest BCUT2D eigenvalue weighted by Crippen LogP contribution is 2.41. The summed E-state index contributed by atoms with van der Waals surface area (Å²) in [5.74, 6) is -1.26. The van der Waals surface area contributed by atoms with Gasteiger partial charge in [-0.3, -0.25) is 4.79 Å². The number of carbonyl (C=O) groups is 1. The van der Waals surface area contributed by atoms with Crippen molar-refractivity contribution in [1.29, 1.82) is 0 Å². The van der Waals surface area contributed by atoms with Gasteiger partial charge in [0.25, 0.3) is 0 Å². The first-order chi connectivity index (χ1) is 7.59. The van der Waals surface area contributed by atoms with Crippen LogP contribution in [0.3, 0.4) is 0 Å². The van der Waals surface area contributed by atoms with E-state index in [1.165, 1.54) is 11.3 Å². The Morgan fingerprint density at radius 3 is 3.00 bits per heavy atom. The summed E-state index contributed by atoms with van der Waals surface area (Å²) in [5, 5.41) is 9.13. The minimum atomic E-state index is -0.801. The third-order valence-electron chi connectivity index (χ3n) is 2.58. The van der Waals surface area contributed by atoms with Crippen molar-refractivity contribution in [2.75, 3.05) is 6.61 Å². The van der Waals surface area contributed by atoms with E-state index in [1.807, 2.05) is 6.07 Å². The molecule has 0 spiro atoms. The smallest absolute Gasteiger partial charge is 0.309 e. The predicted octanol–water partition coefficient (Wildman–Crippen LogP) is 3.72. The van der Waals surface area contributed by atoms with Crippen molar-refractivity contribution in [1.82, 2.24) is 0 Å². The van der Waals surface area contributed by atoms with E-state index < -0.39 is 11.9 Å². The van der Waals surface area contributed by atoms with Crippen LogP contribution in [0.2, 0.25) is 4.34 Å². The van der Waals surface area contributed by atoms with Gasteiger partial charge in [-0.15, -0.1) is 11.3 Å². The summed E-state index contributed by atoms with van der Waals surface area (Å²) in [5.41, 5.74) is 0. The number of carboxylic acids is 1. The molecule has 1 aliphatic rings. The summed E-state index contributed by atoms with van der Waals surface area (Å²) in [6.07, 6.45) is 1.10. The van der Waals surface area contributed by atoms with Gasteiger partial charge in [-0.2, -0.15) is 0 Å². The molecular weight excluding hydrogens is 316 g/mol. The van der Waals surface area contributed by atoms with Gasteiger partial charge >= 0.3 is 5.97 Å². The van der Waals surface area contributed by atoms with Crippen molar-refractivity contribution >= 4 is 44.8 Å². The van der Waals surface area contributed by atoms with Crippen molar-refractivity contribution < 1.29 is 14.6 Å². The monoisotopic (exact) mass is 324 g/mol. The predicted molar refractivity (Wildman–Crippen MR) is 66.1 cm³/mol. The molecule has 0 aliphatic carbocycles. The SMILES string of the molecule is O=C(O)C1CCCOC1c1cc(Br)c(Cl)s1. The van der Waals surface area contributed by atoms with E-state index in [2.05, 4.69) is 15.9 Å². The van der Waals surface area contributed by atoms with Crippen LogP contribution >= 0.6 is 38.9 Å². The molecule has 1 aromatic rings. The summed E-state index contributed by atoms with van der Waals surface area (Å²) >= 11 is 10.6. The number of carboxylic acid groups (broad SMARTS) is 1. The average Bonchev–Trinajstić information content (AvgIpc) is 2.59. The van der Waals surface area contributed by atoms with E-state index in [0.29, 0.717) is 17.4 Å². The molecule has 1 N–H and O–H groups in total. The molecule has 1 fully saturated rings. The molecule has 0 radical (unpaired) electrons. The normalized spacial score (nSPS) is 25.6. The second-order valence-corrected chi connectivity index (χ2v) is 6.19. The summed E-state index contributed by atoms with van der Waals surface area (Å²) in [6.45, 7) is 0.613. The largest absolute Gasteiger partial charge is 0.481 e. The van der Waals surface area contributed by atoms with Gasteiger partial charge in [0, 0.05) is 16.0 Å². The zero-order valence-electron chi connectivity index (χ0n) is 8.28. The first kappa shape index (κ1) is 12.4. The zero-order valence-corrected chi connectivity index (χ0v) is 11.4. The molecule has 0 bridgehead atoms. The average molecular weight is 326 g/mol. The zero-order chi connectivity index (χ0) is 11.7. The van der Waals surface area contributed by atoms with Crippen LogP contribution in [0, 0.1) is 5.92 Å². The maximum atomic E-state index is 11.1. The van der Waals surface area contributed by atoms with E-state index in [4.69, 9.17) is 21.4 Å². The molecule has 6 heteroatoms. The fourth-order valence-corrected chi connectivity index (χ4v) is 3.67. The van der Waals surface area contributed by atoms with E-state index >= 15 is 0 Å². The van der Waals surface area contributed by atoms with E-state index in [9.17, 15) is 4.79 Å². The van der Waals surface area contributed by atoms with Crippen molar-refractivity contribution in [2.45, 2.75) is 18.9 Å². The lowest BCUT2D eigenvalue weighted by Gasteiger charge is -2.27. The Kier molecular flexibility index (Phi) is 3.89. The molecule has 0 saturated carbocycles. The van der Waals surface area contributed by atoms with Gasteiger partial charge < -0.3 is 9.84 Å². The third kappa shape index (κ3) is 2.42. The molecule has 2 unspecified atom stereocenters. The minimum absolute atomic E-state index is 0.361. The number of halogens is 2. The molecule has 0 aromatic carbocycles. The quantitative estimate of drug-likeness (QED) is 0.901. The third-order valence-corrected chi connectivity index (χ3v) is 5.12. The lowest BCUT2D eigenvalue weighted by Crippen LogP contribution is -2.28. The Morgan fingerprint density at radius 2 is 2.44 bits per heavy atom. The number of hydrogen-bond acceptors (Lipinski definition) is 3. The Morgan fingerprint density at radius 1 is 1.69 bits per heavy atom. The van der Waals surface area contributed by atoms with Crippen LogP contribution < -0.4 is 0 Å². The summed E-state index contributed by atoms with van der Waals surface area (Å²) in [6, 6.07) is 1.85. The molecule has 1 aromatic heterocycles. The van der Waals surface area contributed by atoms with Crippen LogP contribution in [0.5, 0.6) is 0 Å². The first-order valence-corrected chi connectivity index (χ1v) is 6.87. The van der Waals surface area contributed by atoms with Crippen LogP contribution in [-0.4, -0.2) is 17.7 Å². The lowest BCUT2D eigenvalue weighted by molar-refractivity contribution is -0.151. The Balaban J connectivity index is 2.26. The van der Waals surface area contributed by atoms with Crippen molar-refractivity contribution in [2.24, 2.45) is 5.92 Å². The fourth-order valence-electron chi connectivity index (χ4n) is 1.82. The van der Waals surface area contributed by atoms with Gasteiger partial charge in [-0.25, -0.2) is 0 Å². The van der Waals surface area contributed by atoms with Gasteiger partial charge in [-0.1, -0.05) is 11.6 Å². The van der Waals surface area contributed by atoms with Crippen LogP contribution in [0.4, 0.5) is 0 Å². The topological polar surface area (TPSA) is 46.5 Å². The molecule has 2 rings (SSSR count). The molecule has 88 valence electrons. The van der Waals surface area contributed by atoms with Gasteiger partial charge in [0.05, 0.1) is 5.92 Å². The second kappa shape index (κ2) is 5.04. The van der Waals surface area contributed by atoms with Crippen molar-refractivity contribution in [3.8, 4) is 0 Å². The number of hydrogen-bond donors (Lipinski definition) is 1. The molecule has 1 aliphatic heterocycles. The molecular formula is C10H10BrClO3S. The van der Waals surface area contributed by atoms with Gasteiger partial charge in [-0.05, 0) is 34.8 Å². The molecule has 0 amide bonds. The summed E-state index contributed by atoms with van der Waals surface area (Å²) in [4.78, 5) is 12.0. The number of ether oxygens (including phenoxy) is 1. The van der Waals surface area contributed by atoms with Gasteiger partial charge in [0.2, 0.25) is 0 Å². The van der Waals surface area contributed by atoms with Crippen LogP contribution in [0.25, 0.3) is 0 Å². The summed E-state index contributed by atoms with van der Waals surface area (Å²) in [7, 11) is 0. The van der Waals surface area contributed by atoms with Crippen LogP contribution in [-0.2, 0) is 9.53 Å². The molecule has 3 nitrogen and oxygen atoms in total. The standard InChI is InChI=1S/C10H10BrClO3S/c11-6-4-7(16-9(6)12)8-5(10(13)14)2-1-3-15-8/h4-5,8H,1-3H2,(H,13,14). The second-order valence-electron chi connectivity index (χ2n) is 3.65. The summed E-state index contributed by atoms with van der Waals surface area (Å²) < 4.78 is 6.99. The highest BCUT2D eigenvalue weighted by atomic mass is 79.9. The molecule has 2 heterocycles. The van der Waals surface area contributed by atoms with E-state index in [1.54, 1.807) is 0 Å². The minimum Gasteiger partial charge on any atom is -0.481 e. The van der Waals surface area contributed by atoms with Gasteiger partial charge in [0.1, 0.15) is 10.4 Å². The first-order valence-electron chi connectivity index (χ1n) is 4.88. The Bertz CT molecular complexity index is 387. The van der Waals surface area contributed by atoms with E-state index in [0.717, 1.165) is 15.8 Å². The number of aliphatic carboxylic acids is 1. The fraction of sp³-hybridized carbons (Fsp3) is 0.500.